The number of nitrogens with two attached hydrogens (primary N) is 1. The van der Waals surface area contributed by atoms with Crippen molar-refractivity contribution in [3.05, 3.63) is 29.8 Å². The van der Waals surface area contributed by atoms with Crippen LogP contribution < -0.4 is 15.2 Å². The lowest BCUT2D eigenvalue weighted by Crippen LogP contribution is -2.39. The summed E-state index contributed by atoms with van der Waals surface area (Å²) in [6.45, 7) is 0. The smallest absolute Gasteiger partial charge is 0.339 e. The zero-order valence-corrected chi connectivity index (χ0v) is 10.2. The first-order valence-electron chi connectivity index (χ1n) is 4.63. The summed E-state index contributed by atoms with van der Waals surface area (Å²) in [6, 6.07) is 4.51. The van der Waals surface area contributed by atoms with E-state index in [0.717, 1.165) is 7.11 Å². The first-order valence-corrected chi connectivity index (χ1v) is 6.11. The van der Waals surface area contributed by atoms with Crippen molar-refractivity contribution in [2.45, 2.75) is 0 Å². The predicted molar refractivity (Wildman–Crippen MR) is 63.0 cm³/mol. The van der Waals surface area contributed by atoms with Crippen LogP contribution in [0.1, 0.15) is 10.4 Å². The van der Waals surface area contributed by atoms with Gasteiger partial charge in [0, 0.05) is 0 Å². The van der Waals surface area contributed by atoms with Gasteiger partial charge in [-0.2, -0.15) is 8.42 Å². The number of hydrogen-bond acceptors (Lipinski definition) is 5. The number of carbonyl (C=O) groups excluding carboxylic acids is 2. The zero-order chi connectivity index (χ0) is 13.8. The Bertz CT molecular complexity index is 569. The Balaban J connectivity index is 3.05. The van der Waals surface area contributed by atoms with Crippen molar-refractivity contribution in [2.24, 2.45) is 5.73 Å². The fourth-order valence-electron chi connectivity index (χ4n) is 1.16. The summed E-state index contributed by atoms with van der Waals surface area (Å²) in [4.78, 5) is 21.9. The molecule has 0 radical (unpaired) electrons. The zero-order valence-electron chi connectivity index (χ0n) is 9.34. The van der Waals surface area contributed by atoms with Crippen molar-refractivity contribution in [1.29, 1.82) is 0 Å². The quantitative estimate of drug-likeness (QED) is 0.654. The fraction of sp³-hybridized carbons (Fsp3) is 0.111. The van der Waals surface area contributed by atoms with E-state index in [9.17, 15) is 18.0 Å². The highest BCUT2D eigenvalue weighted by Gasteiger charge is 2.17. The summed E-state index contributed by atoms with van der Waals surface area (Å²) in [5, 5.41) is 0. The topological polar surface area (TPSA) is 128 Å². The number of amides is 2. The molecule has 0 spiro atoms. The number of carbonyl (C=O) groups is 2. The average Bonchev–Trinajstić information content (AvgIpc) is 2.26. The molecule has 0 saturated heterocycles. The molecule has 1 aromatic rings. The Kier molecular flexibility index (Phi) is 4.10. The summed E-state index contributed by atoms with van der Waals surface area (Å²) in [7, 11) is -3.02. The molecule has 1 rings (SSSR count). The monoisotopic (exact) mass is 273 g/mol. The number of esters is 1. The van der Waals surface area contributed by atoms with Crippen molar-refractivity contribution in [1.82, 2.24) is 4.72 Å². The summed E-state index contributed by atoms with van der Waals surface area (Å²) in [5.41, 5.74) is 4.67. The Hall–Kier alpha value is -2.29. The number of para-hydroxylation sites is 1. The molecule has 8 nitrogen and oxygen atoms in total. The lowest BCUT2D eigenvalue weighted by Gasteiger charge is -2.10. The number of benzene rings is 1. The molecule has 0 aliphatic carbocycles. The van der Waals surface area contributed by atoms with Crippen LogP contribution in [-0.2, 0) is 14.9 Å². The normalized spacial score (nSPS) is 10.5. The van der Waals surface area contributed by atoms with Gasteiger partial charge in [-0.25, -0.2) is 14.3 Å². The van der Waals surface area contributed by atoms with Gasteiger partial charge in [-0.1, -0.05) is 12.1 Å². The van der Waals surface area contributed by atoms with Crippen molar-refractivity contribution in [3.63, 3.8) is 0 Å². The molecule has 18 heavy (non-hydrogen) atoms. The summed E-state index contributed by atoms with van der Waals surface area (Å²) in [6.07, 6.45) is 0. The predicted octanol–water partition coefficient (Wildman–Crippen LogP) is -0.202. The number of urea groups is 1. The maximum absolute atomic E-state index is 11.4. The van der Waals surface area contributed by atoms with Gasteiger partial charge in [0.25, 0.3) is 0 Å². The van der Waals surface area contributed by atoms with E-state index in [4.69, 9.17) is 5.73 Å². The van der Waals surface area contributed by atoms with Crippen molar-refractivity contribution < 1.29 is 22.7 Å². The number of primary amides is 1. The third kappa shape index (κ3) is 3.63. The lowest BCUT2D eigenvalue weighted by atomic mass is 10.2. The van der Waals surface area contributed by atoms with Gasteiger partial charge in [0.05, 0.1) is 18.4 Å². The summed E-state index contributed by atoms with van der Waals surface area (Å²) < 4.78 is 30.8. The first kappa shape index (κ1) is 13.8. The van der Waals surface area contributed by atoms with Gasteiger partial charge in [-0.3, -0.25) is 4.72 Å². The Labute approximate surface area is 103 Å². The molecule has 4 N–H and O–H groups in total. The van der Waals surface area contributed by atoms with Gasteiger partial charge in [-0.15, -0.1) is 0 Å². The molecule has 0 aliphatic rings. The molecule has 98 valence electrons. The minimum atomic E-state index is -4.18. The van der Waals surface area contributed by atoms with Gasteiger partial charge in [0.1, 0.15) is 0 Å². The maximum Gasteiger partial charge on any atom is 0.339 e. The molecule has 9 heteroatoms. The van der Waals surface area contributed by atoms with E-state index >= 15 is 0 Å². The Morgan fingerprint density at radius 2 is 1.89 bits per heavy atom. The van der Waals surface area contributed by atoms with E-state index in [1.165, 1.54) is 29.0 Å². The molecular weight excluding hydrogens is 262 g/mol. The van der Waals surface area contributed by atoms with Crippen LogP contribution in [0, 0.1) is 0 Å². The number of anilines is 1. The van der Waals surface area contributed by atoms with E-state index in [2.05, 4.69) is 4.74 Å². The number of methoxy groups -OCH3 is 1. The molecule has 0 bridgehead atoms. The number of hydrogen-bond donors (Lipinski definition) is 3. The lowest BCUT2D eigenvalue weighted by molar-refractivity contribution is 0.0602. The van der Waals surface area contributed by atoms with Crippen LogP contribution in [0.4, 0.5) is 10.5 Å². The molecule has 0 unspecified atom stereocenters. The molecule has 0 aromatic heterocycles. The van der Waals surface area contributed by atoms with Crippen LogP contribution in [0.25, 0.3) is 0 Å². The molecular formula is C9H11N3O5S. The van der Waals surface area contributed by atoms with Gasteiger partial charge in [0.2, 0.25) is 0 Å². The minimum absolute atomic E-state index is 0.00912. The highest BCUT2D eigenvalue weighted by atomic mass is 32.2. The second kappa shape index (κ2) is 5.36. The van der Waals surface area contributed by atoms with Crippen molar-refractivity contribution >= 4 is 27.9 Å². The van der Waals surface area contributed by atoms with Gasteiger partial charge < -0.3 is 10.5 Å². The van der Waals surface area contributed by atoms with Crippen LogP contribution in [0.2, 0.25) is 0 Å². The average molecular weight is 273 g/mol. The van der Waals surface area contributed by atoms with Crippen molar-refractivity contribution in [3.8, 4) is 0 Å². The first-order chi connectivity index (χ1) is 8.35. The van der Waals surface area contributed by atoms with Crippen LogP contribution in [0.15, 0.2) is 24.3 Å². The third-order valence-electron chi connectivity index (χ3n) is 1.81. The third-order valence-corrected chi connectivity index (χ3v) is 2.77. The Morgan fingerprint density at radius 3 is 2.44 bits per heavy atom. The van der Waals surface area contributed by atoms with Gasteiger partial charge in [0.15, 0.2) is 0 Å². The van der Waals surface area contributed by atoms with E-state index in [1.807, 2.05) is 4.72 Å². The van der Waals surface area contributed by atoms with Crippen LogP contribution in [0.3, 0.4) is 0 Å². The molecule has 0 atom stereocenters. The second-order valence-electron chi connectivity index (χ2n) is 3.11. The fourth-order valence-corrected chi connectivity index (χ4v) is 1.95. The summed E-state index contributed by atoms with van der Waals surface area (Å²) >= 11 is 0. The molecule has 0 aliphatic heterocycles. The largest absolute Gasteiger partial charge is 0.465 e. The van der Waals surface area contributed by atoms with Crippen LogP contribution in [-0.4, -0.2) is 27.5 Å². The number of nitrogens with one attached hydrogen (secondary N) is 2. The molecule has 0 heterocycles. The van der Waals surface area contributed by atoms with E-state index in [-0.39, 0.29) is 11.3 Å². The van der Waals surface area contributed by atoms with Crippen LogP contribution >= 0.6 is 0 Å². The van der Waals surface area contributed by atoms with Crippen molar-refractivity contribution in [2.75, 3.05) is 11.8 Å². The van der Waals surface area contributed by atoms with E-state index < -0.39 is 22.2 Å². The van der Waals surface area contributed by atoms with Gasteiger partial charge in [-0.05, 0) is 12.1 Å². The summed E-state index contributed by atoms with van der Waals surface area (Å²) in [5.74, 6) is -0.715. The second-order valence-corrected chi connectivity index (χ2v) is 4.52. The molecule has 0 saturated carbocycles. The number of rotatable bonds is 4. The standard InChI is InChI=1S/C9H11N3O5S/c1-17-8(13)6-4-2-3-5-7(6)11-18(15,16)12-9(10)14/h2-5,11H,1H3,(H3,10,12,14). The van der Waals surface area contributed by atoms with E-state index in [1.54, 1.807) is 0 Å². The highest BCUT2D eigenvalue weighted by Crippen LogP contribution is 2.16. The van der Waals surface area contributed by atoms with E-state index in [0.29, 0.717) is 0 Å². The SMILES string of the molecule is COC(=O)c1ccccc1NS(=O)(=O)NC(N)=O. The highest BCUT2D eigenvalue weighted by molar-refractivity contribution is 7.91. The maximum atomic E-state index is 11.4. The Morgan fingerprint density at radius 1 is 1.28 bits per heavy atom. The molecule has 0 fully saturated rings. The molecule has 2 amide bonds. The van der Waals surface area contributed by atoms with Crippen LogP contribution in [0.5, 0.6) is 0 Å². The number of ether oxygens (including phenoxy) is 1. The minimum Gasteiger partial charge on any atom is -0.465 e. The molecule has 1 aromatic carbocycles. The van der Waals surface area contributed by atoms with Gasteiger partial charge >= 0.3 is 22.2 Å².